The third-order valence-electron chi connectivity index (χ3n) is 1.27. The van der Waals surface area contributed by atoms with Gasteiger partial charge in [0.15, 0.2) is 0 Å². The highest BCUT2D eigenvalue weighted by atomic mass is 16.4. The molecule has 0 atom stereocenters. The first-order valence-corrected chi connectivity index (χ1v) is 3.96. The van der Waals surface area contributed by atoms with Crippen molar-refractivity contribution < 1.29 is 9.90 Å². The average Bonchev–Trinajstić information content (AvgIpc) is 1.80. The van der Waals surface area contributed by atoms with Crippen molar-refractivity contribution in [1.29, 1.82) is 0 Å². The molecule has 3 heteroatoms. The number of rotatable bonds is 3. The van der Waals surface area contributed by atoms with Crippen molar-refractivity contribution in [2.24, 2.45) is 0 Å². The molecular weight excluding hydrogens is 154 g/mol. The third kappa shape index (κ3) is 7.28. The largest absolute Gasteiger partial charge is 0.478 e. The second-order valence-electron chi connectivity index (χ2n) is 3.93. The van der Waals surface area contributed by atoms with Gasteiger partial charge in [-0.3, -0.25) is 0 Å². The SMILES string of the molecule is CC(=CC(=O)O)CNC(C)(C)C. The Balaban J connectivity index is 3.87. The van der Waals surface area contributed by atoms with Gasteiger partial charge in [-0.2, -0.15) is 0 Å². The van der Waals surface area contributed by atoms with Crippen molar-refractivity contribution in [2.75, 3.05) is 6.54 Å². The van der Waals surface area contributed by atoms with Crippen LogP contribution in [0.5, 0.6) is 0 Å². The van der Waals surface area contributed by atoms with Crippen LogP contribution in [-0.2, 0) is 4.79 Å². The molecule has 0 radical (unpaired) electrons. The molecule has 12 heavy (non-hydrogen) atoms. The van der Waals surface area contributed by atoms with Gasteiger partial charge in [-0.1, -0.05) is 5.57 Å². The van der Waals surface area contributed by atoms with E-state index in [9.17, 15) is 4.79 Å². The van der Waals surface area contributed by atoms with Gasteiger partial charge in [-0.05, 0) is 27.7 Å². The Kier molecular flexibility index (Phi) is 3.96. The van der Waals surface area contributed by atoms with Crippen molar-refractivity contribution in [1.82, 2.24) is 5.32 Å². The fourth-order valence-corrected chi connectivity index (χ4v) is 0.666. The lowest BCUT2D eigenvalue weighted by Crippen LogP contribution is -2.36. The van der Waals surface area contributed by atoms with Crippen molar-refractivity contribution in [2.45, 2.75) is 33.2 Å². The number of carboxylic acid groups (broad SMARTS) is 1. The maximum Gasteiger partial charge on any atom is 0.328 e. The Bertz CT molecular complexity index is 189. The Morgan fingerprint density at radius 2 is 2.00 bits per heavy atom. The number of hydrogen-bond donors (Lipinski definition) is 2. The van der Waals surface area contributed by atoms with Gasteiger partial charge in [-0.25, -0.2) is 4.79 Å². The normalized spacial score (nSPS) is 13.2. The minimum Gasteiger partial charge on any atom is -0.478 e. The first kappa shape index (κ1) is 11.2. The molecule has 0 bridgehead atoms. The second kappa shape index (κ2) is 4.26. The molecule has 2 N–H and O–H groups in total. The van der Waals surface area contributed by atoms with Gasteiger partial charge in [0.25, 0.3) is 0 Å². The molecule has 0 saturated heterocycles. The molecule has 0 heterocycles. The summed E-state index contributed by atoms with van der Waals surface area (Å²) in [5, 5.41) is 11.6. The molecule has 0 aromatic heterocycles. The predicted octanol–water partition coefficient (Wildman–Crippen LogP) is 1.41. The summed E-state index contributed by atoms with van der Waals surface area (Å²) >= 11 is 0. The molecule has 0 aromatic carbocycles. The molecule has 70 valence electrons. The van der Waals surface area contributed by atoms with Crippen LogP contribution in [0.25, 0.3) is 0 Å². The van der Waals surface area contributed by atoms with E-state index in [4.69, 9.17) is 5.11 Å². The fraction of sp³-hybridized carbons (Fsp3) is 0.667. The molecule has 0 rings (SSSR count). The number of carboxylic acids is 1. The molecule has 0 fully saturated rings. The van der Waals surface area contributed by atoms with Gasteiger partial charge in [0.1, 0.15) is 0 Å². The zero-order valence-electron chi connectivity index (χ0n) is 8.14. The van der Waals surface area contributed by atoms with Crippen LogP contribution in [0.1, 0.15) is 27.7 Å². The van der Waals surface area contributed by atoms with Gasteiger partial charge in [0.05, 0.1) is 0 Å². The monoisotopic (exact) mass is 171 g/mol. The Morgan fingerprint density at radius 1 is 1.50 bits per heavy atom. The summed E-state index contributed by atoms with van der Waals surface area (Å²) in [7, 11) is 0. The van der Waals surface area contributed by atoms with Crippen LogP contribution in [0.2, 0.25) is 0 Å². The Morgan fingerprint density at radius 3 is 2.33 bits per heavy atom. The maximum absolute atomic E-state index is 10.2. The summed E-state index contributed by atoms with van der Waals surface area (Å²) in [5.74, 6) is -0.886. The number of aliphatic carboxylic acids is 1. The van der Waals surface area contributed by atoms with Crippen molar-refractivity contribution >= 4 is 5.97 Å². The van der Waals surface area contributed by atoms with Gasteiger partial charge >= 0.3 is 5.97 Å². The lowest BCUT2D eigenvalue weighted by molar-refractivity contribution is -0.131. The standard InChI is InChI=1S/C9H17NO2/c1-7(5-8(11)12)6-10-9(2,3)4/h5,10H,6H2,1-4H3,(H,11,12). The highest BCUT2D eigenvalue weighted by Crippen LogP contribution is 2.00. The molecule has 0 aliphatic carbocycles. The van der Waals surface area contributed by atoms with Crippen LogP contribution < -0.4 is 5.32 Å². The van der Waals surface area contributed by atoms with E-state index in [2.05, 4.69) is 5.32 Å². The molecule has 3 nitrogen and oxygen atoms in total. The van der Waals surface area contributed by atoms with Crippen LogP contribution in [-0.4, -0.2) is 23.2 Å². The molecule has 0 spiro atoms. The first-order chi connectivity index (χ1) is 5.31. The number of nitrogens with one attached hydrogen (secondary N) is 1. The van der Waals surface area contributed by atoms with E-state index in [-0.39, 0.29) is 5.54 Å². The molecule has 0 saturated carbocycles. The fourth-order valence-electron chi connectivity index (χ4n) is 0.666. The molecule has 0 aliphatic rings. The smallest absolute Gasteiger partial charge is 0.328 e. The van der Waals surface area contributed by atoms with Gasteiger partial charge in [0, 0.05) is 18.2 Å². The predicted molar refractivity (Wildman–Crippen MR) is 49.1 cm³/mol. The number of hydrogen-bond acceptors (Lipinski definition) is 2. The summed E-state index contributed by atoms with van der Waals surface area (Å²) in [6, 6.07) is 0. The summed E-state index contributed by atoms with van der Waals surface area (Å²) in [4.78, 5) is 10.2. The van der Waals surface area contributed by atoms with Crippen LogP contribution in [0, 0.1) is 0 Å². The highest BCUT2D eigenvalue weighted by molar-refractivity contribution is 5.80. The quantitative estimate of drug-likeness (QED) is 0.631. The van der Waals surface area contributed by atoms with Gasteiger partial charge in [0.2, 0.25) is 0 Å². The number of carbonyl (C=O) groups is 1. The molecule has 0 unspecified atom stereocenters. The summed E-state index contributed by atoms with van der Waals surface area (Å²) in [5.41, 5.74) is 0.866. The molecule has 0 aromatic rings. The Hall–Kier alpha value is -0.830. The van der Waals surface area contributed by atoms with E-state index in [1.54, 1.807) is 6.92 Å². The third-order valence-corrected chi connectivity index (χ3v) is 1.27. The minimum atomic E-state index is -0.886. The second-order valence-corrected chi connectivity index (χ2v) is 3.93. The van der Waals surface area contributed by atoms with E-state index in [1.807, 2.05) is 20.8 Å². The van der Waals surface area contributed by atoms with Crippen LogP contribution in [0.3, 0.4) is 0 Å². The summed E-state index contributed by atoms with van der Waals surface area (Å²) < 4.78 is 0. The average molecular weight is 171 g/mol. The summed E-state index contributed by atoms with van der Waals surface area (Å²) in [6.45, 7) is 8.55. The van der Waals surface area contributed by atoms with E-state index in [1.165, 1.54) is 6.08 Å². The zero-order valence-corrected chi connectivity index (χ0v) is 8.14. The van der Waals surface area contributed by atoms with E-state index in [0.717, 1.165) is 5.57 Å². The zero-order chi connectivity index (χ0) is 9.78. The minimum absolute atomic E-state index is 0.0353. The Labute approximate surface area is 73.5 Å². The lowest BCUT2D eigenvalue weighted by atomic mass is 10.1. The van der Waals surface area contributed by atoms with Gasteiger partial charge in [-0.15, -0.1) is 0 Å². The van der Waals surface area contributed by atoms with E-state index < -0.39 is 5.97 Å². The molecule has 0 aliphatic heterocycles. The van der Waals surface area contributed by atoms with E-state index in [0.29, 0.717) is 6.54 Å². The van der Waals surface area contributed by atoms with Crippen LogP contribution in [0.4, 0.5) is 0 Å². The van der Waals surface area contributed by atoms with Crippen LogP contribution in [0.15, 0.2) is 11.6 Å². The van der Waals surface area contributed by atoms with Gasteiger partial charge < -0.3 is 10.4 Å². The van der Waals surface area contributed by atoms with Crippen molar-refractivity contribution in [3.05, 3.63) is 11.6 Å². The van der Waals surface area contributed by atoms with Crippen LogP contribution >= 0.6 is 0 Å². The molecular formula is C9H17NO2. The lowest BCUT2D eigenvalue weighted by Gasteiger charge is -2.20. The first-order valence-electron chi connectivity index (χ1n) is 3.96. The van der Waals surface area contributed by atoms with Crippen molar-refractivity contribution in [3.8, 4) is 0 Å². The highest BCUT2D eigenvalue weighted by Gasteiger charge is 2.07. The summed E-state index contributed by atoms with van der Waals surface area (Å²) in [6.07, 6.45) is 1.22. The van der Waals surface area contributed by atoms with Crippen molar-refractivity contribution in [3.63, 3.8) is 0 Å². The van der Waals surface area contributed by atoms with E-state index >= 15 is 0 Å². The molecule has 0 amide bonds. The maximum atomic E-state index is 10.2. The topological polar surface area (TPSA) is 49.3 Å².